The van der Waals surface area contributed by atoms with Crippen molar-refractivity contribution in [3.63, 3.8) is 0 Å². The number of nitrogens with one attached hydrogen (secondary N) is 2. The lowest BCUT2D eigenvalue weighted by atomic mass is 10.1. The van der Waals surface area contributed by atoms with Gasteiger partial charge >= 0.3 is 5.97 Å². The van der Waals surface area contributed by atoms with Crippen molar-refractivity contribution in [2.24, 2.45) is 0 Å². The SMILES string of the molecule is CCOC(=O)c1cnc(Cc2ccc(C=CC(=O)NOC3CCCCO3)cc2)[nH]1. The number of carbonyl (C=O) groups is 2. The molecule has 1 aromatic heterocycles. The molecule has 2 heterocycles. The number of hydrogen-bond donors (Lipinski definition) is 2. The summed E-state index contributed by atoms with van der Waals surface area (Å²) < 4.78 is 10.3. The molecular formula is C21H25N3O5. The van der Waals surface area contributed by atoms with E-state index in [0.29, 0.717) is 31.2 Å². The maximum absolute atomic E-state index is 11.8. The van der Waals surface area contributed by atoms with Crippen LogP contribution in [0.4, 0.5) is 0 Å². The van der Waals surface area contributed by atoms with Crippen molar-refractivity contribution >= 4 is 18.0 Å². The Labute approximate surface area is 169 Å². The van der Waals surface area contributed by atoms with Crippen LogP contribution in [0.25, 0.3) is 6.08 Å². The van der Waals surface area contributed by atoms with Crippen molar-refractivity contribution in [2.45, 2.75) is 38.9 Å². The van der Waals surface area contributed by atoms with E-state index < -0.39 is 5.97 Å². The van der Waals surface area contributed by atoms with Gasteiger partial charge in [-0.15, -0.1) is 0 Å². The summed E-state index contributed by atoms with van der Waals surface area (Å²) in [5.74, 6) is -0.0767. The largest absolute Gasteiger partial charge is 0.461 e. The molecule has 2 N–H and O–H groups in total. The summed E-state index contributed by atoms with van der Waals surface area (Å²) in [7, 11) is 0. The standard InChI is InChI=1S/C21H25N3O5/c1-2-27-21(26)17-14-22-18(23-17)13-16-8-6-15(7-9-16)10-11-19(25)24-29-20-5-3-4-12-28-20/h6-11,14,20H,2-5,12-13H2,1H3,(H,22,23)(H,24,25). The number of aromatic nitrogens is 2. The summed E-state index contributed by atoms with van der Waals surface area (Å²) >= 11 is 0. The van der Waals surface area contributed by atoms with Gasteiger partial charge in [0.05, 0.1) is 12.8 Å². The minimum Gasteiger partial charge on any atom is -0.461 e. The van der Waals surface area contributed by atoms with Gasteiger partial charge in [-0.05, 0) is 37.0 Å². The Morgan fingerprint density at radius 3 is 2.86 bits per heavy atom. The summed E-state index contributed by atoms with van der Waals surface area (Å²) in [6.45, 7) is 2.73. The number of benzene rings is 1. The van der Waals surface area contributed by atoms with Crippen LogP contribution in [0.5, 0.6) is 0 Å². The Bertz CT molecular complexity index is 838. The Kier molecular flexibility index (Phi) is 7.54. The average Bonchev–Trinajstić information content (AvgIpc) is 3.21. The number of hydroxylamine groups is 1. The molecule has 0 spiro atoms. The fourth-order valence-corrected chi connectivity index (χ4v) is 2.84. The molecule has 3 rings (SSSR count). The molecule has 0 bridgehead atoms. The third-order valence-corrected chi connectivity index (χ3v) is 4.33. The molecule has 1 aliphatic heterocycles. The fourth-order valence-electron chi connectivity index (χ4n) is 2.84. The zero-order valence-corrected chi connectivity index (χ0v) is 16.3. The van der Waals surface area contributed by atoms with Gasteiger partial charge in [0.1, 0.15) is 11.5 Å². The molecule has 154 valence electrons. The van der Waals surface area contributed by atoms with Crippen LogP contribution in [-0.2, 0) is 25.5 Å². The molecule has 1 saturated heterocycles. The van der Waals surface area contributed by atoms with Crippen LogP contribution in [0.1, 0.15) is 53.6 Å². The van der Waals surface area contributed by atoms with Gasteiger partial charge in [-0.3, -0.25) is 4.79 Å². The van der Waals surface area contributed by atoms with E-state index in [1.807, 2.05) is 24.3 Å². The maximum atomic E-state index is 11.8. The minimum atomic E-state index is -0.413. The second-order valence-corrected chi connectivity index (χ2v) is 6.60. The van der Waals surface area contributed by atoms with Crippen molar-refractivity contribution in [2.75, 3.05) is 13.2 Å². The molecular weight excluding hydrogens is 374 g/mol. The van der Waals surface area contributed by atoms with Gasteiger partial charge in [0, 0.05) is 25.5 Å². The Morgan fingerprint density at radius 2 is 2.14 bits per heavy atom. The van der Waals surface area contributed by atoms with Crippen LogP contribution in [0.2, 0.25) is 0 Å². The highest BCUT2D eigenvalue weighted by atomic mass is 16.8. The lowest BCUT2D eigenvalue weighted by Gasteiger charge is -2.21. The quantitative estimate of drug-likeness (QED) is 0.402. The first-order chi connectivity index (χ1) is 14.1. The van der Waals surface area contributed by atoms with Crippen molar-refractivity contribution in [3.05, 3.63) is 59.2 Å². The van der Waals surface area contributed by atoms with E-state index in [0.717, 1.165) is 30.4 Å². The third kappa shape index (κ3) is 6.55. The van der Waals surface area contributed by atoms with Gasteiger partial charge in [-0.25, -0.2) is 20.1 Å². The lowest BCUT2D eigenvalue weighted by Crippen LogP contribution is -2.32. The second kappa shape index (κ2) is 10.5. The predicted molar refractivity (Wildman–Crippen MR) is 106 cm³/mol. The summed E-state index contributed by atoms with van der Waals surface area (Å²) in [6.07, 6.45) is 7.61. The topological polar surface area (TPSA) is 103 Å². The zero-order valence-electron chi connectivity index (χ0n) is 16.3. The molecule has 8 heteroatoms. The molecule has 8 nitrogen and oxygen atoms in total. The van der Waals surface area contributed by atoms with Crippen LogP contribution < -0.4 is 5.48 Å². The van der Waals surface area contributed by atoms with Gasteiger partial charge < -0.3 is 14.5 Å². The Hall–Kier alpha value is -2.97. The van der Waals surface area contributed by atoms with E-state index >= 15 is 0 Å². The molecule has 1 atom stereocenters. The summed E-state index contributed by atoms with van der Waals surface area (Å²) in [5, 5.41) is 0. The summed E-state index contributed by atoms with van der Waals surface area (Å²) in [4.78, 5) is 35.9. The van der Waals surface area contributed by atoms with Gasteiger partial charge in [0.15, 0.2) is 6.29 Å². The minimum absolute atomic E-state index is 0.320. The lowest BCUT2D eigenvalue weighted by molar-refractivity contribution is -0.198. The molecule has 1 aliphatic rings. The van der Waals surface area contributed by atoms with Crippen LogP contribution in [0.15, 0.2) is 36.5 Å². The van der Waals surface area contributed by atoms with Crippen molar-refractivity contribution < 1.29 is 23.9 Å². The second-order valence-electron chi connectivity index (χ2n) is 6.60. The zero-order chi connectivity index (χ0) is 20.5. The van der Waals surface area contributed by atoms with E-state index in [1.54, 1.807) is 13.0 Å². The number of H-pyrrole nitrogens is 1. The van der Waals surface area contributed by atoms with Crippen molar-refractivity contribution in [1.29, 1.82) is 0 Å². The number of imidazole rings is 1. The normalized spacial score (nSPS) is 16.7. The first kappa shape index (κ1) is 20.8. The summed E-state index contributed by atoms with van der Waals surface area (Å²) in [6, 6.07) is 7.69. The van der Waals surface area contributed by atoms with Crippen molar-refractivity contribution in [3.8, 4) is 0 Å². The first-order valence-corrected chi connectivity index (χ1v) is 9.69. The first-order valence-electron chi connectivity index (χ1n) is 9.69. The highest BCUT2D eigenvalue weighted by Crippen LogP contribution is 2.13. The number of carbonyl (C=O) groups excluding carboxylic acids is 2. The van der Waals surface area contributed by atoms with Gasteiger partial charge in [0.2, 0.25) is 0 Å². The van der Waals surface area contributed by atoms with Crippen LogP contribution in [0, 0.1) is 0 Å². The number of esters is 1. The van der Waals surface area contributed by atoms with E-state index in [9.17, 15) is 9.59 Å². The number of aromatic amines is 1. The van der Waals surface area contributed by atoms with Gasteiger partial charge in [0.25, 0.3) is 5.91 Å². The fraction of sp³-hybridized carbons (Fsp3) is 0.381. The average molecular weight is 399 g/mol. The Morgan fingerprint density at radius 1 is 1.31 bits per heavy atom. The summed E-state index contributed by atoms with van der Waals surface area (Å²) in [5.41, 5.74) is 4.63. The Balaban J connectivity index is 1.47. The van der Waals surface area contributed by atoms with E-state index in [4.69, 9.17) is 14.3 Å². The van der Waals surface area contributed by atoms with Gasteiger partial charge in [-0.1, -0.05) is 24.3 Å². The highest BCUT2D eigenvalue weighted by Gasteiger charge is 2.15. The number of ether oxygens (including phenoxy) is 2. The monoisotopic (exact) mass is 399 g/mol. The molecule has 1 amide bonds. The molecule has 2 aromatic rings. The predicted octanol–water partition coefficient (Wildman–Crippen LogP) is 2.76. The van der Waals surface area contributed by atoms with E-state index in [1.165, 1.54) is 12.3 Å². The number of amides is 1. The van der Waals surface area contributed by atoms with E-state index in [2.05, 4.69) is 15.4 Å². The molecule has 0 saturated carbocycles. The number of nitrogens with zero attached hydrogens (tertiary/aromatic N) is 1. The number of rotatable bonds is 8. The van der Waals surface area contributed by atoms with Gasteiger partial charge in [-0.2, -0.15) is 0 Å². The molecule has 0 aliphatic carbocycles. The maximum Gasteiger partial charge on any atom is 0.356 e. The molecule has 1 fully saturated rings. The highest BCUT2D eigenvalue weighted by molar-refractivity contribution is 5.91. The molecule has 1 unspecified atom stereocenters. The third-order valence-electron chi connectivity index (χ3n) is 4.33. The smallest absolute Gasteiger partial charge is 0.356 e. The van der Waals surface area contributed by atoms with Crippen LogP contribution >= 0.6 is 0 Å². The van der Waals surface area contributed by atoms with Crippen molar-refractivity contribution in [1.82, 2.24) is 15.4 Å². The van der Waals surface area contributed by atoms with E-state index in [-0.39, 0.29) is 12.2 Å². The molecule has 29 heavy (non-hydrogen) atoms. The molecule has 1 aromatic carbocycles. The number of hydrogen-bond acceptors (Lipinski definition) is 6. The molecule has 0 radical (unpaired) electrons. The van der Waals surface area contributed by atoms with Crippen LogP contribution in [-0.4, -0.2) is 41.3 Å². The van der Waals surface area contributed by atoms with Crippen LogP contribution in [0.3, 0.4) is 0 Å².